The molecule has 2 rings (SSSR count). The summed E-state index contributed by atoms with van der Waals surface area (Å²) >= 11 is 0. The quantitative estimate of drug-likeness (QED) is 0.800. The summed E-state index contributed by atoms with van der Waals surface area (Å²) in [6, 6.07) is 0.585. The lowest BCUT2D eigenvalue weighted by molar-refractivity contribution is -0.137. The Balaban J connectivity index is 1.88. The van der Waals surface area contributed by atoms with Gasteiger partial charge in [0.25, 0.3) is 0 Å². The molecule has 0 aromatic rings. The van der Waals surface area contributed by atoms with Crippen molar-refractivity contribution in [2.45, 2.75) is 38.3 Å². The number of piperidine rings is 1. The predicted molar refractivity (Wildman–Crippen MR) is 79.7 cm³/mol. The molecule has 2 saturated heterocycles. The Hall–Kier alpha value is -0.650. The Kier molecular flexibility index (Phi) is 5.81. The minimum Gasteiger partial charge on any atom is -0.379 e. The Morgan fingerprint density at radius 3 is 2.70 bits per heavy atom. The molecule has 2 unspecified atom stereocenters. The number of carbonyl (C=O) groups is 1. The lowest BCUT2D eigenvalue weighted by Crippen LogP contribution is -2.50. The van der Waals surface area contributed by atoms with Crippen molar-refractivity contribution in [2.75, 3.05) is 46.9 Å². The molecule has 0 aromatic heterocycles. The van der Waals surface area contributed by atoms with Crippen molar-refractivity contribution < 1.29 is 9.53 Å². The fourth-order valence-electron chi connectivity index (χ4n) is 3.15. The van der Waals surface area contributed by atoms with E-state index in [1.165, 1.54) is 0 Å². The number of carbonyl (C=O) groups excluding carboxylic acids is 1. The van der Waals surface area contributed by atoms with Gasteiger partial charge in [0.05, 0.1) is 19.1 Å². The van der Waals surface area contributed by atoms with Crippen LogP contribution in [0.15, 0.2) is 0 Å². The first kappa shape index (κ1) is 15.7. The van der Waals surface area contributed by atoms with Gasteiger partial charge in [-0.05, 0) is 45.9 Å². The maximum atomic E-state index is 12.7. The van der Waals surface area contributed by atoms with E-state index in [-0.39, 0.29) is 17.9 Å². The van der Waals surface area contributed by atoms with Gasteiger partial charge in [-0.3, -0.25) is 4.79 Å². The molecular formula is C15H29N3O2. The van der Waals surface area contributed by atoms with Crippen LogP contribution in [-0.2, 0) is 9.53 Å². The third-order valence-corrected chi connectivity index (χ3v) is 4.64. The second kappa shape index (κ2) is 7.38. The smallest absolute Gasteiger partial charge is 0.229 e. The molecule has 2 aliphatic rings. The van der Waals surface area contributed by atoms with Gasteiger partial charge in [0.1, 0.15) is 0 Å². The number of nitrogens with one attached hydrogen (secondary N) is 1. The van der Waals surface area contributed by atoms with Crippen LogP contribution < -0.4 is 5.32 Å². The van der Waals surface area contributed by atoms with Gasteiger partial charge in [0.15, 0.2) is 0 Å². The van der Waals surface area contributed by atoms with Crippen molar-refractivity contribution in [2.24, 2.45) is 5.92 Å². The van der Waals surface area contributed by atoms with E-state index in [0.29, 0.717) is 19.3 Å². The van der Waals surface area contributed by atoms with Gasteiger partial charge >= 0.3 is 0 Å². The zero-order valence-electron chi connectivity index (χ0n) is 13.1. The van der Waals surface area contributed by atoms with E-state index in [4.69, 9.17) is 4.74 Å². The standard InChI is InChI=1S/C15H29N3O2/c1-4-7-16-14-11-20-10-13(14)15(19)18(3)12-5-8-17(2)9-6-12/h12-14,16H,4-11H2,1-3H3. The fraction of sp³-hybridized carbons (Fsp3) is 0.933. The number of amides is 1. The van der Waals surface area contributed by atoms with Gasteiger partial charge in [-0.25, -0.2) is 0 Å². The summed E-state index contributed by atoms with van der Waals surface area (Å²) in [5, 5.41) is 3.45. The Morgan fingerprint density at radius 1 is 1.35 bits per heavy atom. The summed E-state index contributed by atoms with van der Waals surface area (Å²) in [5.74, 6) is 0.247. The molecule has 2 heterocycles. The van der Waals surface area contributed by atoms with Crippen molar-refractivity contribution in [1.82, 2.24) is 15.1 Å². The van der Waals surface area contributed by atoms with Crippen LogP contribution in [0.3, 0.4) is 0 Å². The molecule has 1 N–H and O–H groups in total. The minimum absolute atomic E-state index is 0.00814. The number of hydrogen-bond donors (Lipinski definition) is 1. The van der Waals surface area contributed by atoms with Gasteiger partial charge < -0.3 is 19.9 Å². The van der Waals surface area contributed by atoms with Crippen LogP contribution in [0.5, 0.6) is 0 Å². The highest BCUT2D eigenvalue weighted by Gasteiger charge is 2.37. The summed E-state index contributed by atoms with van der Waals surface area (Å²) in [7, 11) is 4.11. The molecule has 0 spiro atoms. The van der Waals surface area contributed by atoms with Crippen LogP contribution in [0, 0.1) is 5.92 Å². The van der Waals surface area contributed by atoms with Gasteiger partial charge in [0, 0.05) is 19.1 Å². The van der Waals surface area contributed by atoms with Crippen LogP contribution >= 0.6 is 0 Å². The molecule has 2 atom stereocenters. The predicted octanol–water partition coefficient (Wildman–Crippen LogP) is 0.554. The average molecular weight is 283 g/mol. The van der Waals surface area contributed by atoms with Crippen molar-refractivity contribution >= 4 is 5.91 Å². The van der Waals surface area contributed by atoms with Crippen molar-refractivity contribution in [1.29, 1.82) is 0 Å². The summed E-state index contributed by atoms with van der Waals surface area (Å²) in [5.41, 5.74) is 0. The maximum Gasteiger partial charge on any atom is 0.229 e. The van der Waals surface area contributed by atoms with Gasteiger partial charge in [0.2, 0.25) is 5.91 Å². The van der Waals surface area contributed by atoms with E-state index in [9.17, 15) is 4.79 Å². The van der Waals surface area contributed by atoms with Crippen LogP contribution in [0.4, 0.5) is 0 Å². The van der Waals surface area contributed by atoms with E-state index in [1.807, 2.05) is 11.9 Å². The molecule has 0 aliphatic carbocycles. The minimum atomic E-state index is -0.00814. The molecular weight excluding hydrogens is 254 g/mol. The highest BCUT2D eigenvalue weighted by Crippen LogP contribution is 2.21. The van der Waals surface area contributed by atoms with Crippen molar-refractivity contribution in [3.05, 3.63) is 0 Å². The Morgan fingerprint density at radius 2 is 2.05 bits per heavy atom. The zero-order valence-corrected chi connectivity index (χ0v) is 13.1. The van der Waals surface area contributed by atoms with Gasteiger partial charge in [-0.15, -0.1) is 0 Å². The Bertz CT molecular complexity index is 316. The van der Waals surface area contributed by atoms with Crippen LogP contribution in [0.1, 0.15) is 26.2 Å². The number of ether oxygens (including phenoxy) is 1. The first-order valence-corrected chi connectivity index (χ1v) is 7.89. The third-order valence-electron chi connectivity index (χ3n) is 4.64. The summed E-state index contributed by atoms with van der Waals surface area (Å²) in [6.07, 6.45) is 3.25. The second-order valence-electron chi connectivity index (χ2n) is 6.19. The molecule has 2 fully saturated rings. The first-order valence-electron chi connectivity index (χ1n) is 7.89. The van der Waals surface area contributed by atoms with Crippen LogP contribution in [0.25, 0.3) is 0 Å². The van der Waals surface area contributed by atoms with Crippen molar-refractivity contribution in [3.63, 3.8) is 0 Å². The fourth-order valence-corrected chi connectivity index (χ4v) is 3.15. The van der Waals surface area contributed by atoms with E-state index < -0.39 is 0 Å². The maximum absolute atomic E-state index is 12.7. The molecule has 2 aliphatic heterocycles. The van der Waals surface area contributed by atoms with Gasteiger partial charge in [-0.1, -0.05) is 6.92 Å². The molecule has 1 amide bonds. The van der Waals surface area contributed by atoms with Crippen molar-refractivity contribution in [3.8, 4) is 0 Å². The number of rotatable bonds is 5. The van der Waals surface area contributed by atoms with E-state index in [2.05, 4.69) is 24.2 Å². The monoisotopic (exact) mass is 283 g/mol. The highest BCUT2D eigenvalue weighted by atomic mass is 16.5. The summed E-state index contributed by atoms with van der Waals surface area (Å²) < 4.78 is 5.52. The van der Waals surface area contributed by atoms with E-state index in [0.717, 1.165) is 38.9 Å². The highest BCUT2D eigenvalue weighted by molar-refractivity contribution is 5.80. The second-order valence-corrected chi connectivity index (χ2v) is 6.19. The van der Waals surface area contributed by atoms with Crippen LogP contribution in [0.2, 0.25) is 0 Å². The first-order chi connectivity index (χ1) is 9.63. The Labute approximate surface area is 122 Å². The number of nitrogens with zero attached hydrogens (tertiary/aromatic N) is 2. The lowest BCUT2D eigenvalue weighted by atomic mass is 9.98. The molecule has 5 nitrogen and oxygen atoms in total. The molecule has 20 heavy (non-hydrogen) atoms. The average Bonchev–Trinajstić information content (AvgIpc) is 2.92. The normalized spacial score (nSPS) is 28.8. The SMILES string of the molecule is CCCNC1COCC1C(=O)N(C)C1CCN(C)CC1. The van der Waals surface area contributed by atoms with E-state index in [1.54, 1.807) is 0 Å². The topological polar surface area (TPSA) is 44.8 Å². The summed E-state index contributed by atoms with van der Waals surface area (Å²) in [4.78, 5) is 17.0. The molecule has 0 saturated carbocycles. The molecule has 5 heteroatoms. The largest absolute Gasteiger partial charge is 0.379 e. The van der Waals surface area contributed by atoms with Crippen LogP contribution in [-0.4, -0.2) is 74.7 Å². The molecule has 0 bridgehead atoms. The molecule has 116 valence electrons. The lowest BCUT2D eigenvalue weighted by Gasteiger charge is -2.36. The molecule has 0 aromatic carbocycles. The van der Waals surface area contributed by atoms with E-state index >= 15 is 0 Å². The zero-order chi connectivity index (χ0) is 14.5. The summed E-state index contributed by atoms with van der Waals surface area (Å²) in [6.45, 7) is 6.50. The number of likely N-dealkylation sites (tertiary alicyclic amines) is 1. The molecule has 0 radical (unpaired) electrons. The number of hydrogen-bond acceptors (Lipinski definition) is 4. The third kappa shape index (κ3) is 3.71. The van der Waals surface area contributed by atoms with Gasteiger partial charge in [-0.2, -0.15) is 0 Å².